The summed E-state index contributed by atoms with van der Waals surface area (Å²) in [6.45, 7) is 0. The maximum atomic E-state index is 6.44. The van der Waals surface area contributed by atoms with E-state index in [1.807, 2.05) is 152 Å². The van der Waals surface area contributed by atoms with Crippen LogP contribution in [0.15, 0.2) is 186 Å². The van der Waals surface area contributed by atoms with Crippen LogP contribution in [0, 0.1) is 0 Å². The molecule has 3 heterocycles. The van der Waals surface area contributed by atoms with Crippen molar-refractivity contribution in [2.75, 3.05) is 0 Å². The number of hydrogen-bond acceptors (Lipinski definition) is 7. The van der Waals surface area contributed by atoms with Crippen molar-refractivity contribution in [1.82, 2.24) is 29.9 Å². The smallest absolute Gasteiger partial charge is 0.164 e. The summed E-state index contributed by atoms with van der Waals surface area (Å²) in [5.74, 6) is 3.64. The Bertz CT molecular complexity index is 2850. The lowest BCUT2D eigenvalue weighted by Gasteiger charge is -2.10. The SMILES string of the molecule is c1ccc(-c2nc(-c3ccccc3)nc(-c3cccc(-c4ccc5oc6cccc(-c7nc(-c8ccccc8)nc(-c8ccccc8)n7)c6c5c4)c3)n2)cc1. The van der Waals surface area contributed by atoms with Crippen LogP contribution >= 0.6 is 0 Å². The fraction of sp³-hybridized carbons (Fsp3) is 0. The second-order valence-corrected chi connectivity index (χ2v) is 13.1. The predicted molar refractivity (Wildman–Crippen MR) is 219 cm³/mol. The Hall–Kier alpha value is -7.64. The van der Waals surface area contributed by atoms with E-state index in [9.17, 15) is 0 Å². The van der Waals surface area contributed by atoms with Gasteiger partial charge in [0.05, 0.1) is 0 Å². The first-order valence-corrected chi connectivity index (χ1v) is 18.0. The molecule has 258 valence electrons. The van der Waals surface area contributed by atoms with E-state index in [0.717, 1.165) is 66.4 Å². The van der Waals surface area contributed by atoms with Crippen LogP contribution in [0.2, 0.25) is 0 Å². The van der Waals surface area contributed by atoms with Crippen molar-refractivity contribution in [3.63, 3.8) is 0 Å². The van der Waals surface area contributed by atoms with Crippen molar-refractivity contribution in [2.45, 2.75) is 0 Å². The van der Waals surface area contributed by atoms with Crippen molar-refractivity contribution in [3.8, 4) is 79.5 Å². The molecule has 0 bridgehead atoms. The summed E-state index contributed by atoms with van der Waals surface area (Å²) in [4.78, 5) is 29.8. The van der Waals surface area contributed by atoms with Gasteiger partial charge in [-0.3, -0.25) is 0 Å². The van der Waals surface area contributed by atoms with Crippen molar-refractivity contribution >= 4 is 21.9 Å². The van der Waals surface area contributed by atoms with Gasteiger partial charge in [-0.05, 0) is 35.4 Å². The highest BCUT2D eigenvalue weighted by molar-refractivity contribution is 6.12. The third-order valence-corrected chi connectivity index (χ3v) is 9.59. The van der Waals surface area contributed by atoms with Gasteiger partial charge in [0.2, 0.25) is 0 Å². The number of furan rings is 1. The monoisotopic (exact) mass is 706 g/mol. The molecule has 7 nitrogen and oxygen atoms in total. The first-order chi connectivity index (χ1) is 27.2. The minimum absolute atomic E-state index is 0.576. The third-order valence-electron chi connectivity index (χ3n) is 9.59. The highest BCUT2D eigenvalue weighted by Crippen LogP contribution is 2.39. The first kappa shape index (κ1) is 32.0. The van der Waals surface area contributed by atoms with E-state index in [4.69, 9.17) is 34.3 Å². The molecular weight excluding hydrogens is 677 g/mol. The Kier molecular flexibility index (Phi) is 8.00. The molecule has 0 aliphatic rings. The molecule has 0 saturated heterocycles. The molecule has 0 fully saturated rings. The Balaban J connectivity index is 1.10. The molecule has 55 heavy (non-hydrogen) atoms. The quantitative estimate of drug-likeness (QED) is 0.163. The lowest BCUT2D eigenvalue weighted by molar-refractivity contribution is 0.669. The molecule has 10 aromatic rings. The number of hydrogen-bond donors (Lipinski definition) is 0. The zero-order valence-electron chi connectivity index (χ0n) is 29.4. The summed E-state index contributed by atoms with van der Waals surface area (Å²) in [7, 11) is 0. The van der Waals surface area contributed by atoms with Crippen LogP contribution in [-0.4, -0.2) is 29.9 Å². The standard InChI is InChI=1S/C48H30N6O/c1-5-15-31(16-6-1)43-49-44(32-17-7-2-8-18-32)52-47(51-43)37-24-13-23-35(29-37)36-27-28-40-39(30-36)42-38(25-14-26-41(42)55-40)48-53-45(33-19-9-3-10-20-33)50-46(54-48)34-21-11-4-12-22-34/h1-30H. The minimum atomic E-state index is 0.576. The van der Waals surface area contributed by atoms with Gasteiger partial charge >= 0.3 is 0 Å². The van der Waals surface area contributed by atoms with Gasteiger partial charge in [-0.25, -0.2) is 29.9 Å². The Labute approximate surface area is 316 Å². The van der Waals surface area contributed by atoms with Crippen LogP contribution < -0.4 is 0 Å². The molecule has 0 aliphatic heterocycles. The van der Waals surface area contributed by atoms with Crippen molar-refractivity contribution in [1.29, 1.82) is 0 Å². The molecule has 7 heteroatoms. The van der Waals surface area contributed by atoms with Crippen LogP contribution in [0.5, 0.6) is 0 Å². The first-order valence-electron chi connectivity index (χ1n) is 18.0. The van der Waals surface area contributed by atoms with E-state index < -0.39 is 0 Å². The third kappa shape index (κ3) is 6.19. The van der Waals surface area contributed by atoms with Crippen LogP contribution in [0.25, 0.3) is 101 Å². The molecule has 0 unspecified atom stereocenters. The number of benzene rings is 7. The molecule has 0 amide bonds. The van der Waals surface area contributed by atoms with E-state index in [1.165, 1.54) is 0 Å². The molecule has 0 atom stereocenters. The molecule has 0 N–H and O–H groups in total. The van der Waals surface area contributed by atoms with Gasteiger partial charge < -0.3 is 4.42 Å². The Morgan fingerprint density at radius 3 is 1.18 bits per heavy atom. The molecular formula is C48H30N6O. The summed E-state index contributed by atoms with van der Waals surface area (Å²) in [6, 6.07) is 60.7. The van der Waals surface area contributed by atoms with Gasteiger partial charge in [0.25, 0.3) is 0 Å². The average Bonchev–Trinajstić information content (AvgIpc) is 3.66. The van der Waals surface area contributed by atoms with Crippen LogP contribution in [0.4, 0.5) is 0 Å². The lowest BCUT2D eigenvalue weighted by Crippen LogP contribution is -2.00. The maximum Gasteiger partial charge on any atom is 0.164 e. The van der Waals surface area contributed by atoms with Gasteiger partial charge in [0.1, 0.15) is 11.2 Å². The Morgan fingerprint density at radius 2 is 0.673 bits per heavy atom. The average molecular weight is 707 g/mol. The summed E-state index contributed by atoms with van der Waals surface area (Å²) < 4.78 is 6.44. The summed E-state index contributed by atoms with van der Waals surface area (Å²) in [5.41, 5.74) is 9.03. The number of fused-ring (bicyclic) bond motifs is 3. The normalized spacial score (nSPS) is 11.3. The van der Waals surface area contributed by atoms with Crippen molar-refractivity contribution in [2.24, 2.45) is 0 Å². The highest BCUT2D eigenvalue weighted by Gasteiger charge is 2.19. The molecule has 3 aromatic heterocycles. The predicted octanol–water partition coefficient (Wildman–Crippen LogP) is 11.6. The van der Waals surface area contributed by atoms with Gasteiger partial charge in [0.15, 0.2) is 34.9 Å². The molecule has 0 saturated carbocycles. The van der Waals surface area contributed by atoms with Crippen LogP contribution in [0.3, 0.4) is 0 Å². The summed E-state index contributed by atoms with van der Waals surface area (Å²) >= 11 is 0. The molecule has 7 aromatic carbocycles. The summed E-state index contributed by atoms with van der Waals surface area (Å²) in [5, 5.41) is 1.91. The fourth-order valence-corrected chi connectivity index (χ4v) is 6.90. The van der Waals surface area contributed by atoms with Gasteiger partial charge in [-0.15, -0.1) is 0 Å². The number of aromatic nitrogens is 6. The van der Waals surface area contributed by atoms with Gasteiger partial charge in [0, 0.05) is 44.2 Å². The van der Waals surface area contributed by atoms with E-state index in [1.54, 1.807) is 0 Å². The van der Waals surface area contributed by atoms with E-state index in [-0.39, 0.29) is 0 Å². The molecule has 0 spiro atoms. The van der Waals surface area contributed by atoms with E-state index in [2.05, 4.69) is 30.3 Å². The number of nitrogens with zero attached hydrogens (tertiary/aromatic N) is 6. The van der Waals surface area contributed by atoms with Crippen LogP contribution in [-0.2, 0) is 0 Å². The lowest BCUT2D eigenvalue weighted by atomic mass is 9.99. The molecule has 10 rings (SSSR count). The molecule has 0 radical (unpaired) electrons. The zero-order chi connectivity index (χ0) is 36.6. The number of rotatable bonds is 7. The van der Waals surface area contributed by atoms with Crippen molar-refractivity contribution in [3.05, 3.63) is 182 Å². The summed E-state index contributed by atoms with van der Waals surface area (Å²) in [6.07, 6.45) is 0. The highest BCUT2D eigenvalue weighted by atomic mass is 16.3. The second-order valence-electron chi connectivity index (χ2n) is 13.1. The minimum Gasteiger partial charge on any atom is -0.456 e. The zero-order valence-corrected chi connectivity index (χ0v) is 29.4. The van der Waals surface area contributed by atoms with Crippen molar-refractivity contribution < 1.29 is 4.42 Å². The van der Waals surface area contributed by atoms with Gasteiger partial charge in [-0.1, -0.05) is 158 Å². The van der Waals surface area contributed by atoms with Crippen LogP contribution in [0.1, 0.15) is 0 Å². The Morgan fingerprint density at radius 1 is 0.273 bits per heavy atom. The van der Waals surface area contributed by atoms with Gasteiger partial charge in [-0.2, -0.15) is 0 Å². The fourth-order valence-electron chi connectivity index (χ4n) is 6.90. The van der Waals surface area contributed by atoms with E-state index >= 15 is 0 Å². The largest absolute Gasteiger partial charge is 0.456 e. The maximum absolute atomic E-state index is 6.44. The molecule has 0 aliphatic carbocycles. The van der Waals surface area contributed by atoms with E-state index in [0.29, 0.717) is 34.9 Å². The topological polar surface area (TPSA) is 90.5 Å². The second kappa shape index (κ2) is 13.7.